The van der Waals surface area contributed by atoms with E-state index >= 15 is 0 Å². The lowest BCUT2D eigenvalue weighted by molar-refractivity contribution is 0.0526. The maximum atomic E-state index is 12.0. The van der Waals surface area contributed by atoms with E-state index in [1.807, 2.05) is 19.0 Å². The van der Waals surface area contributed by atoms with Crippen molar-refractivity contribution >= 4 is 17.7 Å². The van der Waals surface area contributed by atoms with Gasteiger partial charge in [-0.1, -0.05) is 0 Å². The van der Waals surface area contributed by atoms with Gasteiger partial charge >= 0.3 is 5.97 Å². The first-order valence-corrected chi connectivity index (χ1v) is 7.18. The monoisotopic (exact) mass is 293 g/mol. The molecule has 1 saturated heterocycles. The second-order valence-corrected chi connectivity index (χ2v) is 5.31. The van der Waals surface area contributed by atoms with Crippen LogP contribution in [0.2, 0.25) is 0 Å². The Balaban J connectivity index is 2.25. The first-order valence-electron chi connectivity index (χ1n) is 7.18. The second-order valence-electron chi connectivity index (χ2n) is 5.31. The normalized spacial score (nSPS) is 15.9. The highest BCUT2D eigenvalue weighted by Gasteiger charge is 2.21. The molecule has 1 fully saturated rings. The maximum absolute atomic E-state index is 12.0. The molecule has 0 aromatic carbocycles. The van der Waals surface area contributed by atoms with Gasteiger partial charge in [0.05, 0.1) is 6.61 Å². The number of carbonyl (C=O) groups is 1. The molecule has 7 nitrogen and oxygen atoms in total. The predicted molar refractivity (Wildman–Crippen MR) is 82.0 cm³/mol. The minimum absolute atomic E-state index is 0.339. The quantitative estimate of drug-likeness (QED) is 0.748. The zero-order chi connectivity index (χ0) is 15.4. The van der Waals surface area contributed by atoms with Crippen molar-refractivity contribution in [1.82, 2.24) is 14.9 Å². The van der Waals surface area contributed by atoms with Crippen LogP contribution >= 0.6 is 0 Å². The Hall–Kier alpha value is -1.89. The van der Waals surface area contributed by atoms with Gasteiger partial charge in [-0.05, 0) is 14.0 Å². The molecular formula is C14H23N5O2. The summed E-state index contributed by atoms with van der Waals surface area (Å²) in [5, 5.41) is 0. The summed E-state index contributed by atoms with van der Waals surface area (Å²) in [5.74, 6) is 0.878. The fraction of sp³-hybridized carbons (Fsp3) is 0.643. The molecular weight excluding hydrogens is 270 g/mol. The van der Waals surface area contributed by atoms with E-state index in [-0.39, 0.29) is 5.97 Å². The van der Waals surface area contributed by atoms with E-state index in [0.717, 1.165) is 26.2 Å². The van der Waals surface area contributed by atoms with Crippen LogP contribution in [-0.2, 0) is 4.74 Å². The maximum Gasteiger partial charge on any atom is 0.343 e. The van der Waals surface area contributed by atoms with Gasteiger partial charge in [-0.25, -0.2) is 9.78 Å². The third-order valence-electron chi connectivity index (χ3n) is 3.46. The summed E-state index contributed by atoms with van der Waals surface area (Å²) >= 11 is 0. The molecule has 2 heterocycles. The van der Waals surface area contributed by atoms with Crippen LogP contribution < -0.4 is 9.80 Å². The third-order valence-corrected chi connectivity index (χ3v) is 3.46. The van der Waals surface area contributed by atoms with Crippen LogP contribution in [0.25, 0.3) is 0 Å². The molecule has 0 bridgehead atoms. The summed E-state index contributed by atoms with van der Waals surface area (Å²) in [6, 6.07) is 0. The lowest BCUT2D eigenvalue weighted by Gasteiger charge is -2.32. The number of likely N-dealkylation sites (N-methyl/N-ethyl adjacent to an activating group) is 1. The molecule has 116 valence electrons. The molecule has 0 aliphatic carbocycles. The van der Waals surface area contributed by atoms with Crippen molar-refractivity contribution in [1.29, 1.82) is 0 Å². The molecule has 2 rings (SSSR count). The van der Waals surface area contributed by atoms with E-state index in [2.05, 4.69) is 26.8 Å². The summed E-state index contributed by atoms with van der Waals surface area (Å²) in [7, 11) is 5.82. The standard InChI is InChI=1S/C14H23N5O2/c1-5-21-13(20)11-10-15-14(16-12(11)17(2)3)19-8-6-18(4)7-9-19/h10H,5-9H2,1-4H3. The molecule has 0 atom stereocenters. The number of carbonyl (C=O) groups excluding carboxylic acids is 1. The first kappa shape index (κ1) is 15.5. The van der Waals surface area contributed by atoms with Gasteiger partial charge in [0.1, 0.15) is 11.4 Å². The Kier molecular flexibility index (Phi) is 4.95. The topological polar surface area (TPSA) is 61.8 Å². The summed E-state index contributed by atoms with van der Waals surface area (Å²) in [6.07, 6.45) is 1.56. The van der Waals surface area contributed by atoms with Gasteiger partial charge in [0.2, 0.25) is 5.95 Å². The van der Waals surface area contributed by atoms with E-state index < -0.39 is 0 Å². The van der Waals surface area contributed by atoms with Crippen LogP contribution in [0.15, 0.2) is 6.20 Å². The zero-order valence-corrected chi connectivity index (χ0v) is 13.2. The molecule has 1 aromatic heterocycles. The lowest BCUT2D eigenvalue weighted by Crippen LogP contribution is -2.45. The molecule has 0 amide bonds. The Morgan fingerprint density at radius 1 is 1.33 bits per heavy atom. The number of esters is 1. The third kappa shape index (κ3) is 3.60. The van der Waals surface area contributed by atoms with E-state index in [0.29, 0.717) is 23.9 Å². The van der Waals surface area contributed by atoms with Crippen LogP contribution in [-0.4, -0.2) is 74.8 Å². The average molecular weight is 293 g/mol. The van der Waals surface area contributed by atoms with Gasteiger partial charge in [-0.2, -0.15) is 4.98 Å². The van der Waals surface area contributed by atoms with Crippen LogP contribution in [0.4, 0.5) is 11.8 Å². The van der Waals surface area contributed by atoms with Gasteiger partial charge in [0.25, 0.3) is 0 Å². The number of ether oxygens (including phenoxy) is 1. The van der Waals surface area contributed by atoms with Crippen molar-refractivity contribution in [2.24, 2.45) is 0 Å². The number of anilines is 2. The van der Waals surface area contributed by atoms with Gasteiger partial charge in [-0.3, -0.25) is 0 Å². The number of aromatic nitrogens is 2. The zero-order valence-electron chi connectivity index (χ0n) is 13.2. The van der Waals surface area contributed by atoms with Crippen molar-refractivity contribution < 1.29 is 9.53 Å². The minimum Gasteiger partial charge on any atom is -0.462 e. The molecule has 7 heteroatoms. The Morgan fingerprint density at radius 3 is 2.57 bits per heavy atom. The molecule has 1 aliphatic heterocycles. The molecule has 1 aromatic rings. The number of hydrogen-bond acceptors (Lipinski definition) is 7. The summed E-state index contributed by atoms with van der Waals surface area (Å²) in [4.78, 5) is 27.1. The minimum atomic E-state index is -0.383. The molecule has 1 aliphatic rings. The van der Waals surface area contributed by atoms with E-state index in [9.17, 15) is 4.79 Å². The van der Waals surface area contributed by atoms with Crippen LogP contribution in [0.5, 0.6) is 0 Å². The molecule has 0 N–H and O–H groups in total. The lowest BCUT2D eigenvalue weighted by atomic mass is 10.3. The Morgan fingerprint density at radius 2 is 2.00 bits per heavy atom. The van der Waals surface area contributed by atoms with E-state index in [4.69, 9.17) is 4.74 Å². The Bertz CT molecular complexity index is 498. The highest BCUT2D eigenvalue weighted by atomic mass is 16.5. The summed E-state index contributed by atoms with van der Waals surface area (Å²) in [6.45, 7) is 5.88. The SMILES string of the molecule is CCOC(=O)c1cnc(N2CCN(C)CC2)nc1N(C)C. The first-order chi connectivity index (χ1) is 10.0. The smallest absolute Gasteiger partial charge is 0.343 e. The molecule has 0 spiro atoms. The van der Waals surface area contributed by atoms with Gasteiger partial charge < -0.3 is 19.4 Å². The van der Waals surface area contributed by atoms with Crippen molar-refractivity contribution in [3.63, 3.8) is 0 Å². The van der Waals surface area contributed by atoms with E-state index in [1.165, 1.54) is 0 Å². The molecule has 0 radical (unpaired) electrons. The number of hydrogen-bond donors (Lipinski definition) is 0. The van der Waals surface area contributed by atoms with Crippen LogP contribution in [0.1, 0.15) is 17.3 Å². The van der Waals surface area contributed by atoms with Gasteiger partial charge in [-0.15, -0.1) is 0 Å². The number of piperazine rings is 1. The summed E-state index contributed by atoms with van der Waals surface area (Å²) < 4.78 is 5.05. The molecule has 21 heavy (non-hydrogen) atoms. The number of rotatable bonds is 4. The highest BCUT2D eigenvalue weighted by molar-refractivity contribution is 5.94. The highest BCUT2D eigenvalue weighted by Crippen LogP contribution is 2.20. The van der Waals surface area contributed by atoms with Crippen molar-refractivity contribution in [2.75, 3.05) is 63.7 Å². The fourth-order valence-electron chi connectivity index (χ4n) is 2.22. The summed E-state index contributed by atoms with van der Waals surface area (Å²) in [5.41, 5.74) is 0.403. The molecule has 0 unspecified atom stereocenters. The second kappa shape index (κ2) is 6.71. The number of nitrogens with zero attached hydrogens (tertiary/aromatic N) is 5. The van der Waals surface area contributed by atoms with E-state index in [1.54, 1.807) is 13.1 Å². The molecule has 0 saturated carbocycles. The van der Waals surface area contributed by atoms with Crippen molar-refractivity contribution in [3.05, 3.63) is 11.8 Å². The van der Waals surface area contributed by atoms with Gasteiger partial charge in [0.15, 0.2) is 0 Å². The van der Waals surface area contributed by atoms with Crippen LogP contribution in [0, 0.1) is 0 Å². The van der Waals surface area contributed by atoms with Crippen molar-refractivity contribution in [2.45, 2.75) is 6.92 Å². The largest absolute Gasteiger partial charge is 0.462 e. The average Bonchev–Trinajstić information content (AvgIpc) is 2.47. The van der Waals surface area contributed by atoms with Crippen molar-refractivity contribution in [3.8, 4) is 0 Å². The van der Waals surface area contributed by atoms with Gasteiger partial charge in [0, 0.05) is 46.5 Å². The predicted octanol–water partition coefficient (Wildman–Crippen LogP) is 0.471. The van der Waals surface area contributed by atoms with Crippen LogP contribution in [0.3, 0.4) is 0 Å². The fourth-order valence-corrected chi connectivity index (χ4v) is 2.22. The Labute approximate surface area is 125 Å².